The second-order valence-corrected chi connectivity index (χ2v) is 6.46. The standard InChI is InChI=1S/C20H21N3O4/c1-22(2)11-12-23-18(14-7-9-21-10-8-14)17(19(25)20(23)26)16(24)6-5-15-4-3-13-27-15/h3-10,13,18,25H,11-12H2,1-2H3/b6-5+. The Bertz CT molecular complexity index is 870. The van der Waals surface area contributed by atoms with Crippen molar-refractivity contribution in [1.82, 2.24) is 14.8 Å². The van der Waals surface area contributed by atoms with Gasteiger partial charge in [0.05, 0.1) is 17.9 Å². The van der Waals surface area contributed by atoms with Crippen molar-refractivity contribution >= 4 is 17.8 Å². The first-order valence-corrected chi connectivity index (χ1v) is 8.53. The number of aliphatic hydroxyl groups excluding tert-OH is 1. The highest BCUT2D eigenvalue weighted by atomic mass is 16.3. The van der Waals surface area contributed by atoms with Gasteiger partial charge in [-0.15, -0.1) is 0 Å². The molecule has 0 fully saturated rings. The number of pyridine rings is 1. The number of amides is 1. The number of carbonyl (C=O) groups is 2. The molecule has 0 aliphatic carbocycles. The maximum Gasteiger partial charge on any atom is 0.290 e. The van der Waals surface area contributed by atoms with Crippen molar-refractivity contribution in [1.29, 1.82) is 0 Å². The number of allylic oxidation sites excluding steroid dienone is 1. The van der Waals surface area contributed by atoms with E-state index in [1.807, 2.05) is 19.0 Å². The van der Waals surface area contributed by atoms with Gasteiger partial charge in [0.2, 0.25) is 0 Å². The molecule has 140 valence electrons. The fourth-order valence-electron chi connectivity index (χ4n) is 2.97. The smallest absolute Gasteiger partial charge is 0.290 e. The SMILES string of the molecule is CN(C)CCN1C(=O)C(O)=C(C(=O)/C=C/c2ccco2)C1c1ccncc1. The summed E-state index contributed by atoms with van der Waals surface area (Å²) in [4.78, 5) is 32.9. The number of hydrogen-bond acceptors (Lipinski definition) is 6. The van der Waals surface area contributed by atoms with E-state index in [1.54, 1.807) is 36.7 Å². The Morgan fingerprint density at radius 1 is 1.33 bits per heavy atom. The second kappa shape index (κ2) is 8.01. The number of nitrogens with zero attached hydrogens (tertiary/aromatic N) is 3. The molecular formula is C20H21N3O4. The van der Waals surface area contributed by atoms with Gasteiger partial charge >= 0.3 is 0 Å². The molecule has 27 heavy (non-hydrogen) atoms. The molecule has 0 saturated heterocycles. The van der Waals surface area contributed by atoms with E-state index in [-0.39, 0.29) is 5.57 Å². The van der Waals surface area contributed by atoms with Crippen LogP contribution in [0.1, 0.15) is 17.4 Å². The van der Waals surface area contributed by atoms with Crippen LogP contribution in [0, 0.1) is 0 Å². The summed E-state index contributed by atoms with van der Waals surface area (Å²) in [6, 6.07) is 6.24. The molecule has 2 aromatic heterocycles. The van der Waals surface area contributed by atoms with Gasteiger partial charge < -0.3 is 19.3 Å². The number of aliphatic hydroxyl groups is 1. The molecule has 0 bridgehead atoms. The lowest BCUT2D eigenvalue weighted by Crippen LogP contribution is -2.36. The lowest BCUT2D eigenvalue weighted by molar-refractivity contribution is -0.129. The predicted octanol–water partition coefficient (Wildman–Crippen LogP) is 2.21. The molecule has 2 aromatic rings. The van der Waals surface area contributed by atoms with E-state index in [2.05, 4.69) is 4.98 Å². The van der Waals surface area contributed by atoms with Crippen molar-refractivity contribution in [3.05, 3.63) is 71.7 Å². The molecule has 1 aliphatic heterocycles. The third-order valence-corrected chi connectivity index (χ3v) is 4.32. The van der Waals surface area contributed by atoms with Crippen LogP contribution < -0.4 is 0 Å². The summed E-state index contributed by atoms with van der Waals surface area (Å²) in [7, 11) is 3.79. The number of carbonyl (C=O) groups excluding carboxylic acids is 2. The van der Waals surface area contributed by atoms with E-state index in [4.69, 9.17) is 4.42 Å². The van der Waals surface area contributed by atoms with Gasteiger partial charge in [-0.2, -0.15) is 0 Å². The monoisotopic (exact) mass is 367 g/mol. The van der Waals surface area contributed by atoms with Gasteiger partial charge in [-0.3, -0.25) is 14.6 Å². The van der Waals surface area contributed by atoms with Crippen LogP contribution in [0.15, 0.2) is 64.7 Å². The molecule has 0 radical (unpaired) electrons. The summed E-state index contributed by atoms with van der Waals surface area (Å²) in [5.41, 5.74) is 0.781. The quantitative estimate of drug-likeness (QED) is 0.755. The van der Waals surface area contributed by atoms with Crippen molar-refractivity contribution in [2.24, 2.45) is 0 Å². The average Bonchev–Trinajstić information content (AvgIpc) is 3.26. The molecule has 0 saturated carbocycles. The first kappa shape index (κ1) is 18.6. The molecule has 1 atom stereocenters. The Hall–Kier alpha value is -3.19. The first-order chi connectivity index (χ1) is 13.0. The summed E-state index contributed by atoms with van der Waals surface area (Å²) in [5.74, 6) is -0.984. The molecule has 0 aromatic carbocycles. The minimum absolute atomic E-state index is 0.0627. The van der Waals surface area contributed by atoms with Crippen LogP contribution in [-0.2, 0) is 9.59 Å². The maximum atomic E-state index is 12.8. The van der Waals surface area contributed by atoms with Gasteiger partial charge in [-0.1, -0.05) is 0 Å². The van der Waals surface area contributed by atoms with Crippen LogP contribution in [0.5, 0.6) is 0 Å². The van der Waals surface area contributed by atoms with Crippen LogP contribution in [0.25, 0.3) is 6.08 Å². The van der Waals surface area contributed by atoms with Crippen LogP contribution in [0.3, 0.4) is 0 Å². The highest BCUT2D eigenvalue weighted by Crippen LogP contribution is 2.37. The van der Waals surface area contributed by atoms with Gasteiger partial charge in [0.1, 0.15) is 5.76 Å². The van der Waals surface area contributed by atoms with Crippen molar-refractivity contribution in [2.45, 2.75) is 6.04 Å². The Labute approximate surface area is 157 Å². The van der Waals surface area contributed by atoms with E-state index in [0.29, 0.717) is 18.8 Å². The first-order valence-electron chi connectivity index (χ1n) is 8.53. The Morgan fingerprint density at radius 3 is 2.70 bits per heavy atom. The van der Waals surface area contributed by atoms with Crippen LogP contribution in [0.4, 0.5) is 0 Å². The van der Waals surface area contributed by atoms with E-state index in [0.717, 1.165) is 5.56 Å². The van der Waals surface area contributed by atoms with E-state index >= 15 is 0 Å². The zero-order valence-electron chi connectivity index (χ0n) is 15.2. The van der Waals surface area contributed by atoms with Crippen molar-refractivity contribution in [2.75, 3.05) is 27.2 Å². The molecular weight excluding hydrogens is 346 g/mol. The minimum atomic E-state index is -0.658. The average molecular weight is 367 g/mol. The van der Waals surface area contributed by atoms with Crippen molar-refractivity contribution in [3.63, 3.8) is 0 Å². The molecule has 7 heteroatoms. The molecule has 0 spiro atoms. The van der Waals surface area contributed by atoms with Gasteiger partial charge in [0.25, 0.3) is 5.91 Å². The zero-order chi connectivity index (χ0) is 19.4. The van der Waals surface area contributed by atoms with Crippen LogP contribution >= 0.6 is 0 Å². The molecule has 1 N–H and O–H groups in total. The van der Waals surface area contributed by atoms with E-state index < -0.39 is 23.5 Å². The van der Waals surface area contributed by atoms with Gasteiger partial charge in [-0.25, -0.2) is 0 Å². The molecule has 3 rings (SSSR count). The summed E-state index contributed by atoms with van der Waals surface area (Å²) in [6.45, 7) is 0.978. The van der Waals surface area contributed by atoms with Gasteiger partial charge in [0, 0.05) is 25.5 Å². The molecule has 7 nitrogen and oxygen atoms in total. The summed E-state index contributed by atoms with van der Waals surface area (Å²) in [5, 5.41) is 10.4. The van der Waals surface area contributed by atoms with Gasteiger partial charge in [0.15, 0.2) is 11.5 Å². The molecule has 1 aliphatic rings. The zero-order valence-corrected chi connectivity index (χ0v) is 15.2. The highest BCUT2D eigenvalue weighted by Gasteiger charge is 2.42. The number of rotatable bonds is 7. The van der Waals surface area contributed by atoms with Crippen LogP contribution in [0.2, 0.25) is 0 Å². The molecule has 3 heterocycles. The fourth-order valence-corrected chi connectivity index (χ4v) is 2.97. The number of ketones is 1. The second-order valence-electron chi connectivity index (χ2n) is 6.46. The highest BCUT2D eigenvalue weighted by molar-refractivity contribution is 6.14. The predicted molar refractivity (Wildman–Crippen MR) is 99.6 cm³/mol. The third kappa shape index (κ3) is 3.98. The number of hydrogen-bond donors (Lipinski definition) is 1. The largest absolute Gasteiger partial charge is 0.503 e. The van der Waals surface area contributed by atoms with E-state index in [1.165, 1.54) is 23.3 Å². The topological polar surface area (TPSA) is 86.9 Å². The number of aromatic nitrogens is 1. The minimum Gasteiger partial charge on any atom is -0.503 e. The maximum absolute atomic E-state index is 12.8. The molecule has 1 amide bonds. The van der Waals surface area contributed by atoms with Crippen molar-refractivity contribution < 1.29 is 19.1 Å². The number of likely N-dealkylation sites (N-methyl/N-ethyl adjacent to an activating group) is 1. The third-order valence-electron chi connectivity index (χ3n) is 4.32. The Balaban J connectivity index is 1.95. The Kier molecular flexibility index (Phi) is 5.52. The number of furan rings is 1. The lowest BCUT2D eigenvalue weighted by atomic mass is 9.96. The summed E-state index contributed by atoms with van der Waals surface area (Å²) < 4.78 is 5.18. The fraction of sp³-hybridized carbons (Fsp3) is 0.250. The van der Waals surface area contributed by atoms with E-state index in [9.17, 15) is 14.7 Å². The van der Waals surface area contributed by atoms with Crippen LogP contribution in [-0.4, -0.2) is 58.8 Å². The lowest BCUT2D eigenvalue weighted by Gasteiger charge is -2.27. The summed E-state index contributed by atoms with van der Waals surface area (Å²) in [6.07, 6.45) is 7.52. The molecule has 1 unspecified atom stereocenters. The van der Waals surface area contributed by atoms with Crippen molar-refractivity contribution in [3.8, 4) is 0 Å². The Morgan fingerprint density at radius 2 is 2.07 bits per heavy atom. The van der Waals surface area contributed by atoms with Gasteiger partial charge in [-0.05, 0) is 56.1 Å². The normalized spacial score (nSPS) is 17.5. The summed E-state index contributed by atoms with van der Waals surface area (Å²) >= 11 is 0.